The Balaban J connectivity index is 2.44. The highest BCUT2D eigenvalue weighted by Gasteiger charge is 2.09. The minimum absolute atomic E-state index is 0.402. The van der Waals surface area contributed by atoms with E-state index in [2.05, 4.69) is 14.3 Å². The Kier molecular flexibility index (Phi) is 2.28. The number of nitrogens with two attached hydrogens (primary N) is 1. The first kappa shape index (κ1) is 8.89. The molecule has 2 N–H and O–H groups in total. The van der Waals surface area contributed by atoms with E-state index in [9.17, 15) is 0 Å². The van der Waals surface area contributed by atoms with Crippen LogP contribution in [0.15, 0.2) is 18.5 Å². The van der Waals surface area contributed by atoms with Gasteiger partial charge >= 0.3 is 0 Å². The topological polar surface area (TPSA) is 73.9 Å². The fourth-order valence-electron chi connectivity index (χ4n) is 1.01. The maximum Gasteiger partial charge on any atom is 0.225 e. The van der Waals surface area contributed by atoms with Crippen molar-refractivity contribution in [2.24, 2.45) is 0 Å². The Hall–Kier alpha value is -1.69. The molecule has 0 saturated heterocycles. The van der Waals surface area contributed by atoms with Crippen LogP contribution in [0.25, 0.3) is 10.6 Å². The maximum atomic E-state index is 5.67. The first-order valence-corrected chi connectivity index (χ1v) is 4.66. The van der Waals surface area contributed by atoms with Crippen LogP contribution in [0, 0.1) is 0 Å². The molecule has 0 radical (unpaired) electrons. The van der Waals surface area contributed by atoms with Gasteiger partial charge in [0.15, 0.2) is 5.82 Å². The largest absolute Gasteiger partial charge is 0.480 e. The van der Waals surface area contributed by atoms with Gasteiger partial charge in [0.25, 0.3) is 0 Å². The van der Waals surface area contributed by atoms with Crippen LogP contribution >= 0.6 is 11.5 Å². The zero-order chi connectivity index (χ0) is 9.97. The Morgan fingerprint density at radius 1 is 1.36 bits per heavy atom. The molecule has 2 heterocycles. The lowest BCUT2D eigenvalue weighted by atomic mass is 10.3. The number of rotatable bonds is 2. The molecule has 0 saturated carbocycles. The van der Waals surface area contributed by atoms with E-state index in [4.69, 9.17) is 10.5 Å². The van der Waals surface area contributed by atoms with Crippen molar-refractivity contribution in [3.8, 4) is 16.5 Å². The van der Waals surface area contributed by atoms with E-state index < -0.39 is 0 Å². The van der Waals surface area contributed by atoms with Crippen molar-refractivity contribution in [3.05, 3.63) is 18.5 Å². The normalized spacial score (nSPS) is 10.1. The van der Waals surface area contributed by atoms with Gasteiger partial charge < -0.3 is 10.5 Å². The lowest BCUT2D eigenvalue weighted by Crippen LogP contribution is -1.94. The minimum Gasteiger partial charge on any atom is -0.480 e. The molecule has 2 rings (SSSR count). The summed E-state index contributed by atoms with van der Waals surface area (Å²) in [6.07, 6.45) is 3.15. The van der Waals surface area contributed by atoms with Gasteiger partial charge in [0, 0.05) is 18.5 Å². The van der Waals surface area contributed by atoms with Crippen molar-refractivity contribution in [1.82, 2.24) is 14.3 Å². The molecule has 0 spiro atoms. The average molecular weight is 208 g/mol. The number of nitrogen functional groups attached to an aromatic ring is 1. The summed E-state index contributed by atoms with van der Waals surface area (Å²) in [4.78, 5) is 8.92. The predicted molar refractivity (Wildman–Crippen MR) is 54.1 cm³/mol. The second-order valence-corrected chi connectivity index (χ2v) is 3.33. The van der Waals surface area contributed by atoms with Gasteiger partial charge in [0.1, 0.15) is 5.69 Å². The van der Waals surface area contributed by atoms with E-state index in [1.807, 2.05) is 0 Å². The zero-order valence-corrected chi connectivity index (χ0v) is 8.28. The summed E-state index contributed by atoms with van der Waals surface area (Å²) in [6, 6.07) is 1.78. The van der Waals surface area contributed by atoms with Crippen molar-refractivity contribution in [2.45, 2.75) is 0 Å². The molecule has 2 aromatic heterocycles. The fourth-order valence-corrected chi connectivity index (χ4v) is 1.72. The third-order valence-electron chi connectivity index (χ3n) is 1.66. The van der Waals surface area contributed by atoms with E-state index in [-0.39, 0.29) is 0 Å². The molecule has 14 heavy (non-hydrogen) atoms. The second-order valence-electron chi connectivity index (χ2n) is 2.52. The molecular weight excluding hydrogens is 200 g/mol. The monoisotopic (exact) mass is 208 g/mol. The molecule has 0 aliphatic carbocycles. The van der Waals surface area contributed by atoms with E-state index in [0.29, 0.717) is 17.4 Å². The van der Waals surface area contributed by atoms with Gasteiger partial charge in [-0.1, -0.05) is 0 Å². The van der Waals surface area contributed by atoms with E-state index in [1.165, 1.54) is 11.5 Å². The van der Waals surface area contributed by atoms with Crippen LogP contribution in [0.2, 0.25) is 0 Å². The molecule has 0 fully saturated rings. The smallest absolute Gasteiger partial charge is 0.225 e. The fraction of sp³-hybridized carbons (Fsp3) is 0.125. The zero-order valence-electron chi connectivity index (χ0n) is 7.47. The van der Waals surface area contributed by atoms with Crippen LogP contribution in [0.3, 0.4) is 0 Å². The highest BCUT2D eigenvalue weighted by Crippen LogP contribution is 2.28. The van der Waals surface area contributed by atoms with Gasteiger partial charge in [-0.25, -0.2) is 9.97 Å². The highest BCUT2D eigenvalue weighted by atomic mass is 32.1. The van der Waals surface area contributed by atoms with Gasteiger partial charge in [-0.3, -0.25) is 0 Å². The SMILES string of the molecule is COc1cc(-c2nccnc2N)sn1. The summed E-state index contributed by atoms with van der Waals surface area (Å²) in [5.74, 6) is 0.967. The van der Waals surface area contributed by atoms with Crippen LogP contribution in [0.5, 0.6) is 5.88 Å². The number of hydrogen-bond donors (Lipinski definition) is 1. The summed E-state index contributed by atoms with van der Waals surface area (Å²) in [7, 11) is 1.57. The summed E-state index contributed by atoms with van der Waals surface area (Å²) < 4.78 is 9.01. The van der Waals surface area contributed by atoms with Crippen LogP contribution in [-0.2, 0) is 0 Å². The molecule has 5 nitrogen and oxygen atoms in total. The van der Waals surface area contributed by atoms with Gasteiger partial charge in [-0.2, -0.15) is 4.37 Å². The third-order valence-corrected chi connectivity index (χ3v) is 2.44. The lowest BCUT2D eigenvalue weighted by molar-refractivity contribution is 0.403. The quantitative estimate of drug-likeness (QED) is 0.802. The molecular formula is C8H8N4OS. The van der Waals surface area contributed by atoms with Crippen molar-refractivity contribution in [2.75, 3.05) is 12.8 Å². The third kappa shape index (κ3) is 1.51. The number of hydrogen-bond acceptors (Lipinski definition) is 6. The molecule has 0 atom stereocenters. The molecule has 72 valence electrons. The van der Waals surface area contributed by atoms with E-state index in [0.717, 1.165) is 4.88 Å². The van der Waals surface area contributed by atoms with Crippen LogP contribution < -0.4 is 10.5 Å². The summed E-state index contributed by atoms with van der Waals surface area (Å²) in [5, 5.41) is 0. The Bertz CT molecular complexity index is 442. The van der Waals surface area contributed by atoms with Crippen LogP contribution in [-0.4, -0.2) is 21.5 Å². The van der Waals surface area contributed by atoms with Crippen molar-refractivity contribution < 1.29 is 4.74 Å². The first-order chi connectivity index (χ1) is 6.81. The molecule has 0 aliphatic heterocycles. The van der Waals surface area contributed by atoms with Gasteiger partial charge in [-0.05, 0) is 11.5 Å². The van der Waals surface area contributed by atoms with Crippen molar-refractivity contribution in [3.63, 3.8) is 0 Å². The summed E-state index contributed by atoms with van der Waals surface area (Å²) in [5.41, 5.74) is 6.31. The summed E-state index contributed by atoms with van der Waals surface area (Å²) >= 11 is 1.28. The van der Waals surface area contributed by atoms with Gasteiger partial charge in [0.05, 0.1) is 12.0 Å². The molecule has 0 bridgehead atoms. The average Bonchev–Trinajstić information content (AvgIpc) is 2.67. The van der Waals surface area contributed by atoms with E-state index >= 15 is 0 Å². The number of methoxy groups -OCH3 is 1. The first-order valence-electron chi connectivity index (χ1n) is 3.89. The van der Waals surface area contributed by atoms with Crippen LogP contribution in [0.1, 0.15) is 0 Å². The molecule has 2 aromatic rings. The van der Waals surface area contributed by atoms with Crippen molar-refractivity contribution in [1.29, 1.82) is 0 Å². The predicted octanol–water partition coefficient (Wildman–Crippen LogP) is 1.19. The molecule has 0 aliphatic rings. The summed E-state index contributed by atoms with van der Waals surface area (Å²) in [6.45, 7) is 0. The Labute approximate surface area is 84.7 Å². The molecule has 6 heteroatoms. The van der Waals surface area contributed by atoms with Crippen molar-refractivity contribution >= 4 is 17.4 Å². The Morgan fingerprint density at radius 3 is 2.79 bits per heavy atom. The van der Waals surface area contributed by atoms with Gasteiger partial charge in [-0.15, -0.1) is 0 Å². The number of ether oxygens (including phenoxy) is 1. The van der Waals surface area contributed by atoms with Gasteiger partial charge in [0.2, 0.25) is 5.88 Å². The number of aromatic nitrogens is 3. The van der Waals surface area contributed by atoms with Crippen LogP contribution in [0.4, 0.5) is 5.82 Å². The Morgan fingerprint density at radius 2 is 2.14 bits per heavy atom. The number of anilines is 1. The molecule has 0 unspecified atom stereocenters. The highest BCUT2D eigenvalue weighted by molar-refractivity contribution is 7.09. The maximum absolute atomic E-state index is 5.67. The minimum atomic E-state index is 0.402. The second kappa shape index (κ2) is 3.59. The molecule has 0 aromatic carbocycles. The van der Waals surface area contributed by atoms with E-state index in [1.54, 1.807) is 25.6 Å². The lowest BCUT2D eigenvalue weighted by Gasteiger charge is -1.97. The molecule has 0 amide bonds. The standard InChI is InChI=1S/C8H8N4OS/c1-13-6-4-5(14-12-6)7-8(9)11-3-2-10-7/h2-4H,1H3,(H2,9,11). The number of nitrogens with zero attached hydrogens (tertiary/aromatic N) is 3.